The van der Waals surface area contributed by atoms with Crippen LogP contribution in [0.4, 0.5) is 5.69 Å². The number of nitrogens with one attached hydrogen (secondary N) is 2. The van der Waals surface area contributed by atoms with Crippen molar-refractivity contribution in [3.8, 4) is 11.6 Å². The lowest BCUT2D eigenvalue weighted by molar-refractivity contribution is 0.449. The SMILES string of the molecule is O=c1[nH]c(=S)[nH]c(O)c1C=Nc1ccc(O)cc1. The average Bonchev–Trinajstić information content (AvgIpc) is 2.30. The molecule has 0 atom stereocenters. The zero-order valence-electron chi connectivity index (χ0n) is 9.04. The van der Waals surface area contributed by atoms with Crippen LogP contribution in [-0.2, 0) is 0 Å². The number of aromatic hydroxyl groups is 2. The summed E-state index contributed by atoms with van der Waals surface area (Å²) in [6.07, 6.45) is 1.21. The number of aromatic nitrogens is 2. The van der Waals surface area contributed by atoms with Crippen molar-refractivity contribution in [2.45, 2.75) is 0 Å². The van der Waals surface area contributed by atoms with Gasteiger partial charge in [0.1, 0.15) is 11.3 Å². The molecule has 0 aliphatic carbocycles. The molecule has 0 fully saturated rings. The van der Waals surface area contributed by atoms with Gasteiger partial charge in [-0.2, -0.15) is 0 Å². The second kappa shape index (κ2) is 4.84. The zero-order valence-corrected chi connectivity index (χ0v) is 9.86. The molecule has 18 heavy (non-hydrogen) atoms. The maximum absolute atomic E-state index is 11.5. The monoisotopic (exact) mass is 263 g/mol. The maximum atomic E-state index is 11.5. The van der Waals surface area contributed by atoms with E-state index in [2.05, 4.69) is 15.0 Å². The summed E-state index contributed by atoms with van der Waals surface area (Å²) >= 11 is 4.70. The summed E-state index contributed by atoms with van der Waals surface area (Å²) in [5, 5.41) is 18.6. The predicted octanol–water partition coefficient (Wildman–Crippen LogP) is 1.59. The second-order valence-electron chi connectivity index (χ2n) is 3.45. The zero-order chi connectivity index (χ0) is 13.1. The minimum atomic E-state index is -0.529. The molecule has 92 valence electrons. The summed E-state index contributed by atoms with van der Waals surface area (Å²) in [4.78, 5) is 20.2. The van der Waals surface area contributed by atoms with Crippen LogP contribution in [0, 0.1) is 4.77 Å². The van der Waals surface area contributed by atoms with Gasteiger partial charge in [0.2, 0.25) is 5.88 Å². The number of phenolic OH excluding ortho intramolecular Hbond substituents is 1. The van der Waals surface area contributed by atoms with Crippen LogP contribution in [0.2, 0.25) is 0 Å². The first kappa shape index (κ1) is 12.1. The van der Waals surface area contributed by atoms with E-state index in [1.54, 1.807) is 12.1 Å². The number of rotatable bonds is 2. The summed E-state index contributed by atoms with van der Waals surface area (Å²) in [6.45, 7) is 0. The van der Waals surface area contributed by atoms with Gasteiger partial charge in [-0.05, 0) is 36.5 Å². The van der Waals surface area contributed by atoms with Crippen molar-refractivity contribution in [2.24, 2.45) is 4.99 Å². The number of hydrogen-bond donors (Lipinski definition) is 4. The fraction of sp³-hybridized carbons (Fsp3) is 0. The van der Waals surface area contributed by atoms with Crippen molar-refractivity contribution in [1.29, 1.82) is 0 Å². The standard InChI is InChI=1S/C11H9N3O3S/c15-7-3-1-6(2-4-7)12-5-8-9(16)13-11(18)14-10(8)17/h1-5,15H,(H3,13,14,16,17,18). The van der Waals surface area contributed by atoms with E-state index in [0.717, 1.165) is 0 Å². The highest BCUT2D eigenvalue weighted by Crippen LogP contribution is 2.16. The van der Waals surface area contributed by atoms with Gasteiger partial charge in [-0.1, -0.05) is 0 Å². The molecule has 0 aliphatic rings. The number of nitrogens with zero attached hydrogens (tertiary/aromatic N) is 1. The molecule has 7 heteroatoms. The fourth-order valence-electron chi connectivity index (χ4n) is 1.28. The molecular weight excluding hydrogens is 254 g/mol. The highest BCUT2D eigenvalue weighted by Gasteiger charge is 2.04. The normalized spacial score (nSPS) is 10.9. The molecule has 1 aromatic heterocycles. The summed E-state index contributed by atoms with van der Waals surface area (Å²) in [5.41, 5.74) is -0.00972. The van der Waals surface area contributed by atoms with Crippen molar-refractivity contribution < 1.29 is 10.2 Å². The fourth-order valence-corrected chi connectivity index (χ4v) is 1.47. The van der Waals surface area contributed by atoms with Crippen LogP contribution in [0.15, 0.2) is 34.1 Å². The molecule has 0 aliphatic heterocycles. The minimum Gasteiger partial charge on any atom is -0.508 e. The molecule has 0 spiro atoms. The number of H-pyrrole nitrogens is 2. The van der Waals surface area contributed by atoms with Gasteiger partial charge in [-0.25, -0.2) is 0 Å². The highest BCUT2D eigenvalue weighted by molar-refractivity contribution is 7.71. The van der Waals surface area contributed by atoms with Gasteiger partial charge in [0.25, 0.3) is 5.56 Å². The van der Waals surface area contributed by atoms with Gasteiger partial charge in [0.05, 0.1) is 5.69 Å². The molecule has 2 aromatic rings. The molecule has 0 bridgehead atoms. The third kappa shape index (κ3) is 2.64. The molecular formula is C11H9N3O3S. The Labute approximate surface area is 106 Å². The number of hydrogen-bond acceptors (Lipinski definition) is 5. The van der Waals surface area contributed by atoms with Crippen LogP contribution in [0.3, 0.4) is 0 Å². The van der Waals surface area contributed by atoms with E-state index in [9.17, 15) is 9.90 Å². The molecule has 0 amide bonds. The molecule has 1 aromatic carbocycles. The number of benzene rings is 1. The van der Waals surface area contributed by atoms with Crippen LogP contribution in [0.1, 0.15) is 5.56 Å². The van der Waals surface area contributed by atoms with Crippen molar-refractivity contribution in [3.05, 3.63) is 45.0 Å². The number of phenols is 1. The molecule has 6 nitrogen and oxygen atoms in total. The van der Waals surface area contributed by atoms with Crippen molar-refractivity contribution >= 4 is 24.1 Å². The van der Waals surface area contributed by atoms with E-state index in [1.165, 1.54) is 18.3 Å². The molecule has 4 N–H and O–H groups in total. The van der Waals surface area contributed by atoms with E-state index >= 15 is 0 Å². The largest absolute Gasteiger partial charge is 0.508 e. The van der Waals surface area contributed by atoms with Crippen LogP contribution < -0.4 is 5.56 Å². The number of aliphatic imine (C=N–C) groups is 1. The van der Waals surface area contributed by atoms with Gasteiger partial charge in [0, 0.05) is 6.21 Å². The first-order chi connectivity index (χ1) is 8.56. The van der Waals surface area contributed by atoms with Crippen LogP contribution in [0.5, 0.6) is 11.6 Å². The van der Waals surface area contributed by atoms with Crippen LogP contribution >= 0.6 is 12.2 Å². The van der Waals surface area contributed by atoms with E-state index in [0.29, 0.717) is 5.69 Å². The first-order valence-corrected chi connectivity index (χ1v) is 5.36. The quantitative estimate of drug-likeness (QED) is 0.488. The summed E-state index contributed by atoms with van der Waals surface area (Å²) in [6, 6.07) is 6.08. The molecule has 0 radical (unpaired) electrons. The van der Waals surface area contributed by atoms with Crippen molar-refractivity contribution in [2.75, 3.05) is 0 Å². The number of aromatic amines is 2. The lowest BCUT2D eigenvalue weighted by Gasteiger charge is -1.97. The minimum absolute atomic E-state index is 0.0170. The van der Waals surface area contributed by atoms with E-state index in [-0.39, 0.29) is 22.0 Å². The summed E-state index contributed by atoms with van der Waals surface area (Å²) < 4.78 is 0.0410. The highest BCUT2D eigenvalue weighted by atomic mass is 32.1. The summed E-state index contributed by atoms with van der Waals surface area (Å²) in [7, 11) is 0. The predicted molar refractivity (Wildman–Crippen MR) is 69.3 cm³/mol. The Morgan fingerprint density at radius 2 is 1.83 bits per heavy atom. The van der Waals surface area contributed by atoms with Gasteiger partial charge >= 0.3 is 0 Å². The Hall–Kier alpha value is -2.41. The first-order valence-electron chi connectivity index (χ1n) is 4.95. The Bertz CT molecular complexity index is 701. The Balaban J connectivity index is 2.38. The molecule has 1 heterocycles. The van der Waals surface area contributed by atoms with Crippen LogP contribution in [0.25, 0.3) is 0 Å². The van der Waals surface area contributed by atoms with Crippen molar-refractivity contribution in [3.63, 3.8) is 0 Å². The van der Waals surface area contributed by atoms with E-state index in [4.69, 9.17) is 17.3 Å². The second-order valence-corrected chi connectivity index (χ2v) is 3.85. The molecule has 0 unspecified atom stereocenters. The maximum Gasteiger partial charge on any atom is 0.264 e. The van der Waals surface area contributed by atoms with Crippen LogP contribution in [-0.4, -0.2) is 26.4 Å². The molecule has 0 saturated carbocycles. The molecule has 0 saturated heterocycles. The van der Waals surface area contributed by atoms with Crippen molar-refractivity contribution in [1.82, 2.24) is 9.97 Å². The van der Waals surface area contributed by atoms with Gasteiger partial charge in [-0.15, -0.1) is 0 Å². The lowest BCUT2D eigenvalue weighted by atomic mass is 10.3. The summed E-state index contributed by atoms with van der Waals surface area (Å²) in [5.74, 6) is -0.218. The molecule has 2 rings (SSSR count). The third-order valence-electron chi connectivity index (χ3n) is 2.15. The Kier molecular flexibility index (Phi) is 3.24. The van der Waals surface area contributed by atoms with E-state index < -0.39 is 5.56 Å². The van der Waals surface area contributed by atoms with Gasteiger partial charge in [0.15, 0.2) is 4.77 Å². The average molecular weight is 263 g/mol. The van der Waals surface area contributed by atoms with Gasteiger partial charge in [-0.3, -0.25) is 14.8 Å². The Morgan fingerprint density at radius 3 is 2.44 bits per heavy atom. The lowest BCUT2D eigenvalue weighted by Crippen LogP contribution is -2.13. The topological polar surface area (TPSA) is 101 Å². The van der Waals surface area contributed by atoms with Gasteiger partial charge < -0.3 is 15.2 Å². The Morgan fingerprint density at radius 1 is 1.17 bits per heavy atom. The smallest absolute Gasteiger partial charge is 0.264 e. The van der Waals surface area contributed by atoms with E-state index in [1.807, 2.05) is 0 Å². The third-order valence-corrected chi connectivity index (χ3v) is 2.36.